The maximum atomic E-state index is 12.0. The molecule has 0 aliphatic rings. The Morgan fingerprint density at radius 3 is 1.88 bits per heavy atom. The van der Waals surface area contributed by atoms with Gasteiger partial charge in [-0.25, -0.2) is 13.1 Å². The Morgan fingerprint density at radius 2 is 1.59 bits per heavy atom. The lowest BCUT2D eigenvalue weighted by Gasteiger charge is -2.30. The third kappa shape index (κ3) is 7.13. The molecule has 0 aliphatic heterocycles. The average Bonchev–Trinajstić information content (AvgIpc) is 2.23. The first kappa shape index (κ1) is 17.9. The summed E-state index contributed by atoms with van der Waals surface area (Å²) in [5.41, 5.74) is -0.386. The van der Waals surface area contributed by atoms with Crippen LogP contribution in [-0.4, -0.2) is 30.4 Å². The van der Waals surface area contributed by atoms with E-state index >= 15 is 0 Å². The normalized spacial score (nSPS) is 14.0. The highest BCUT2D eigenvalue weighted by Crippen LogP contribution is 2.22. The van der Waals surface area contributed by atoms with Gasteiger partial charge in [-0.2, -0.15) is 0 Å². The smallest absolute Gasteiger partial charge is 0.212 e. The summed E-state index contributed by atoms with van der Waals surface area (Å²) in [6.45, 7) is 8.12. The van der Waals surface area contributed by atoms with E-state index < -0.39 is 15.6 Å². The van der Waals surface area contributed by atoms with Crippen LogP contribution in [-0.2, 0) is 10.0 Å². The van der Waals surface area contributed by atoms with Crippen molar-refractivity contribution < 1.29 is 8.42 Å². The van der Waals surface area contributed by atoms with Crippen molar-refractivity contribution >= 4 is 41.9 Å². The maximum absolute atomic E-state index is 12.0. The van der Waals surface area contributed by atoms with E-state index in [9.17, 15) is 8.42 Å². The fraction of sp³-hybridized carbons (Fsp3) is 1.00. The standard InChI is InChI=1S/C11H23Br2NO2S/c1-5-11(8-12,9-13)14-17(15,16)7-6-10(2,3)4/h14H,5-9H2,1-4H3. The van der Waals surface area contributed by atoms with Gasteiger partial charge in [0.25, 0.3) is 0 Å². The van der Waals surface area contributed by atoms with E-state index in [1.165, 1.54) is 0 Å². The number of hydrogen-bond acceptors (Lipinski definition) is 2. The molecule has 0 spiro atoms. The number of rotatable bonds is 7. The molecule has 0 rings (SSSR count). The van der Waals surface area contributed by atoms with Crippen molar-refractivity contribution in [1.29, 1.82) is 0 Å². The molecule has 0 amide bonds. The molecule has 0 aromatic rings. The Kier molecular flexibility index (Phi) is 7.22. The van der Waals surface area contributed by atoms with Gasteiger partial charge >= 0.3 is 0 Å². The SMILES string of the molecule is CCC(CBr)(CBr)NS(=O)(=O)CCC(C)(C)C. The summed E-state index contributed by atoms with van der Waals surface area (Å²) < 4.78 is 26.8. The van der Waals surface area contributed by atoms with Crippen molar-refractivity contribution in [1.82, 2.24) is 4.72 Å². The highest BCUT2D eigenvalue weighted by atomic mass is 79.9. The van der Waals surface area contributed by atoms with Gasteiger partial charge in [0.15, 0.2) is 0 Å². The van der Waals surface area contributed by atoms with E-state index in [0.29, 0.717) is 17.1 Å². The van der Waals surface area contributed by atoms with Crippen LogP contribution in [0.3, 0.4) is 0 Å². The van der Waals surface area contributed by atoms with E-state index in [1.54, 1.807) is 0 Å². The fourth-order valence-corrected chi connectivity index (χ4v) is 5.48. The molecule has 0 atom stereocenters. The molecule has 0 saturated carbocycles. The Balaban J connectivity index is 4.63. The molecule has 0 saturated heterocycles. The van der Waals surface area contributed by atoms with Crippen molar-refractivity contribution in [3.8, 4) is 0 Å². The number of halogens is 2. The summed E-state index contributed by atoms with van der Waals surface area (Å²) in [5.74, 6) is 0.179. The monoisotopic (exact) mass is 391 g/mol. The molecule has 0 aliphatic carbocycles. The number of hydrogen-bond donors (Lipinski definition) is 1. The topological polar surface area (TPSA) is 46.2 Å². The lowest BCUT2D eigenvalue weighted by atomic mass is 9.94. The quantitative estimate of drug-likeness (QED) is 0.675. The molecule has 0 aromatic carbocycles. The minimum Gasteiger partial charge on any atom is -0.212 e. The van der Waals surface area contributed by atoms with Crippen molar-refractivity contribution in [2.45, 2.75) is 46.1 Å². The molecule has 0 fully saturated rings. The molecule has 0 unspecified atom stereocenters. The van der Waals surface area contributed by atoms with Crippen molar-refractivity contribution in [3.05, 3.63) is 0 Å². The third-order valence-electron chi connectivity index (χ3n) is 2.68. The largest absolute Gasteiger partial charge is 0.212 e. The maximum Gasteiger partial charge on any atom is 0.212 e. The van der Waals surface area contributed by atoms with E-state index in [2.05, 4.69) is 36.6 Å². The lowest BCUT2D eigenvalue weighted by Crippen LogP contribution is -2.51. The van der Waals surface area contributed by atoms with Crippen LogP contribution in [0.15, 0.2) is 0 Å². The summed E-state index contributed by atoms with van der Waals surface area (Å²) >= 11 is 6.76. The van der Waals surface area contributed by atoms with E-state index in [4.69, 9.17) is 0 Å². The van der Waals surface area contributed by atoms with Gasteiger partial charge in [0.1, 0.15) is 0 Å². The molecule has 6 heteroatoms. The Bertz CT molecular complexity index is 311. The summed E-state index contributed by atoms with van der Waals surface area (Å²) in [6, 6.07) is 0. The van der Waals surface area contributed by atoms with Gasteiger partial charge in [0.05, 0.1) is 11.3 Å². The van der Waals surface area contributed by atoms with Crippen LogP contribution in [0.25, 0.3) is 0 Å². The highest BCUT2D eigenvalue weighted by molar-refractivity contribution is 9.09. The van der Waals surface area contributed by atoms with Crippen LogP contribution in [0, 0.1) is 5.41 Å². The van der Waals surface area contributed by atoms with Crippen LogP contribution in [0.2, 0.25) is 0 Å². The molecular formula is C11H23Br2NO2S. The highest BCUT2D eigenvalue weighted by Gasteiger charge is 2.31. The van der Waals surface area contributed by atoms with Crippen LogP contribution < -0.4 is 4.72 Å². The number of alkyl halides is 2. The zero-order chi connectivity index (χ0) is 13.7. The van der Waals surface area contributed by atoms with E-state index in [0.717, 1.165) is 6.42 Å². The van der Waals surface area contributed by atoms with Gasteiger partial charge in [-0.1, -0.05) is 59.6 Å². The minimum atomic E-state index is -3.22. The molecular weight excluding hydrogens is 370 g/mol. The second-order valence-corrected chi connectivity index (χ2v) is 8.60. The van der Waals surface area contributed by atoms with Crippen LogP contribution in [0.5, 0.6) is 0 Å². The minimum absolute atomic E-state index is 0.0342. The van der Waals surface area contributed by atoms with Crippen molar-refractivity contribution in [2.75, 3.05) is 16.4 Å². The first-order valence-electron chi connectivity index (χ1n) is 5.73. The molecule has 0 radical (unpaired) electrons. The Labute approximate surface area is 122 Å². The summed E-state index contributed by atoms with van der Waals surface area (Å²) in [6.07, 6.45) is 1.41. The van der Waals surface area contributed by atoms with E-state index in [1.807, 2.05) is 27.7 Å². The first-order valence-corrected chi connectivity index (χ1v) is 9.63. The first-order chi connectivity index (χ1) is 7.60. The van der Waals surface area contributed by atoms with Crippen LogP contribution in [0.4, 0.5) is 0 Å². The molecule has 3 nitrogen and oxygen atoms in total. The lowest BCUT2D eigenvalue weighted by molar-refractivity contribution is 0.392. The number of sulfonamides is 1. The van der Waals surface area contributed by atoms with Crippen molar-refractivity contribution in [2.24, 2.45) is 5.41 Å². The van der Waals surface area contributed by atoms with Gasteiger partial charge < -0.3 is 0 Å². The fourth-order valence-electron chi connectivity index (χ4n) is 1.17. The second-order valence-electron chi connectivity index (χ2n) is 5.63. The average molecular weight is 393 g/mol. The predicted octanol–water partition coefficient (Wildman–Crippen LogP) is 3.28. The van der Waals surface area contributed by atoms with Gasteiger partial charge in [0, 0.05) is 10.7 Å². The Morgan fingerprint density at radius 1 is 1.12 bits per heavy atom. The van der Waals surface area contributed by atoms with Crippen LogP contribution in [0.1, 0.15) is 40.5 Å². The second kappa shape index (κ2) is 6.87. The van der Waals surface area contributed by atoms with Gasteiger partial charge in [-0.15, -0.1) is 0 Å². The molecule has 0 bridgehead atoms. The van der Waals surface area contributed by atoms with Gasteiger partial charge in [-0.05, 0) is 18.3 Å². The summed E-state index contributed by atoms with van der Waals surface area (Å²) in [7, 11) is -3.22. The zero-order valence-corrected chi connectivity index (χ0v) is 15.0. The summed E-state index contributed by atoms with van der Waals surface area (Å²) in [4.78, 5) is 0. The number of nitrogens with one attached hydrogen (secondary N) is 1. The van der Waals surface area contributed by atoms with E-state index in [-0.39, 0.29) is 11.2 Å². The van der Waals surface area contributed by atoms with Crippen LogP contribution >= 0.6 is 31.9 Å². The van der Waals surface area contributed by atoms with Gasteiger partial charge in [-0.3, -0.25) is 0 Å². The third-order valence-corrected chi connectivity index (χ3v) is 6.31. The molecule has 104 valence electrons. The summed E-state index contributed by atoms with van der Waals surface area (Å²) in [5, 5.41) is 1.22. The molecule has 0 aromatic heterocycles. The molecule has 17 heavy (non-hydrogen) atoms. The van der Waals surface area contributed by atoms with Gasteiger partial charge in [0.2, 0.25) is 10.0 Å². The predicted molar refractivity (Wildman–Crippen MR) is 81.6 cm³/mol. The Hall–Kier alpha value is 0.870. The van der Waals surface area contributed by atoms with Crippen molar-refractivity contribution in [3.63, 3.8) is 0 Å². The molecule has 0 heterocycles. The zero-order valence-electron chi connectivity index (χ0n) is 11.0. The molecule has 1 N–H and O–H groups in total.